The maximum atomic E-state index is 5.51. The van der Waals surface area contributed by atoms with E-state index < -0.39 is 0 Å². The number of rotatable bonds is 5. The van der Waals surface area contributed by atoms with Gasteiger partial charge in [-0.15, -0.1) is 0 Å². The highest BCUT2D eigenvalue weighted by molar-refractivity contribution is 5.26. The molecule has 100 valence electrons. The Morgan fingerprint density at radius 3 is 2.94 bits per heavy atom. The molecule has 1 N–H and O–H groups in total. The first-order valence-corrected chi connectivity index (χ1v) is 7.11. The summed E-state index contributed by atoms with van der Waals surface area (Å²) in [6.07, 6.45) is 3.64. The van der Waals surface area contributed by atoms with Gasteiger partial charge in [0.05, 0.1) is 6.61 Å². The molecule has 2 rings (SSSR count). The van der Waals surface area contributed by atoms with Gasteiger partial charge < -0.3 is 10.1 Å². The van der Waals surface area contributed by atoms with E-state index in [9.17, 15) is 0 Å². The van der Waals surface area contributed by atoms with Crippen LogP contribution in [0.3, 0.4) is 0 Å². The van der Waals surface area contributed by atoms with E-state index in [4.69, 9.17) is 4.74 Å². The molecule has 1 aromatic rings. The molecule has 0 aromatic heterocycles. The van der Waals surface area contributed by atoms with Crippen LogP contribution in [0.1, 0.15) is 30.9 Å². The highest BCUT2D eigenvalue weighted by atomic mass is 16.5. The lowest BCUT2D eigenvalue weighted by molar-refractivity contribution is 0.0540. The zero-order valence-electron chi connectivity index (χ0n) is 11.6. The average molecular weight is 247 g/mol. The lowest BCUT2D eigenvalue weighted by atomic mass is 9.99. The quantitative estimate of drug-likeness (QED) is 0.864. The maximum absolute atomic E-state index is 5.51. The highest BCUT2D eigenvalue weighted by Crippen LogP contribution is 2.13. The van der Waals surface area contributed by atoms with Crippen molar-refractivity contribution in [2.24, 2.45) is 5.92 Å². The summed E-state index contributed by atoms with van der Waals surface area (Å²) in [5, 5.41) is 3.65. The van der Waals surface area contributed by atoms with Crippen molar-refractivity contribution in [3.8, 4) is 0 Å². The minimum absolute atomic E-state index is 0.535. The largest absolute Gasteiger partial charge is 0.381 e. The lowest BCUT2D eigenvalue weighted by Gasteiger charge is -2.24. The smallest absolute Gasteiger partial charge is 0.0506 e. The first kappa shape index (κ1) is 13.6. The van der Waals surface area contributed by atoms with Crippen molar-refractivity contribution in [3.63, 3.8) is 0 Å². The zero-order valence-corrected chi connectivity index (χ0v) is 11.6. The van der Waals surface area contributed by atoms with Crippen molar-refractivity contribution in [3.05, 3.63) is 35.4 Å². The van der Waals surface area contributed by atoms with Crippen LogP contribution in [0, 0.1) is 12.8 Å². The molecule has 0 aliphatic carbocycles. The molecule has 2 nitrogen and oxygen atoms in total. The van der Waals surface area contributed by atoms with Crippen molar-refractivity contribution in [1.29, 1.82) is 0 Å². The van der Waals surface area contributed by atoms with Gasteiger partial charge in [0.25, 0.3) is 0 Å². The Bertz CT molecular complexity index is 358. The van der Waals surface area contributed by atoms with Crippen LogP contribution in [0.15, 0.2) is 24.3 Å². The molecule has 0 amide bonds. The molecule has 2 atom stereocenters. The Balaban J connectivity index is 1.74. The van der Waals surface area contributed by atoms with E-state index in [2.05, 4.69) is 43.4 Å². The summed E-state index contributed by atoms with van der Waals surface area (Å²) in [5.74, 6) is 0.707. The van der Waals surface area contributed by atoms with Gasteiger partial charge >= 0.3 is 0 Å². The van der Waals surface area contributed by atoms with E-state index >= 15 is 0 Å². The van der Waals surface area contributed by atoms with Crippen LogP contribution >= 0.6 is 0 Å². The van der Waals surface area contributed by atoms with Crippen LogP contribution in [0.25, 0.3) is 0 Å². The Labute approximate surface area is 111 Å². The molecule has 1 saturated heterocycles. The summed E-state index contributed by atoms with van der Waals surface area (Å²) in [6, 6.07) is 9.20. The normalized spacial score (nSPS) is 21.8. The van der Waals surface area contributed by atoms with Crippen molar-refractivity contribution in [2.75, 3.05) is 19.8 Å². The SMILES string of the molecule is Cc1ccccc1CC(C)NCC1CCCOC1. The van der Waals surface area contributed by atoms with Gasteiger partial charge in [0.1, 0.15) is 0 Å². The van der Waals surface area contributed by atoms with Gasteiger partial charge in [-0.1, -0.05) is 24.3 Å². The number of hydrogen-bond acceptors (Lipinski definition) is 2. The number of ether oxygens (including phenoxy) is 1. The summed E-state index contributed by atoms with van der Waals surface area (Å²) < 4.78 is 5.51. The number of aryl methyl sites for hydroxylation is 1. The Morgan fingerprint density at radius 2 is 2.22 bits per heavy atom. The van der Waals surface area contributed by atoms with E-state index in [-0.39, 0.29) is 0 Å². The standard InChI is InChI=1S/C16H25NO/c1-13-6-3-4-8-16(13)10-14(2)17-11-15-7-5-9-18-12-15/h3-4,6,8,14-15,17H,5,7,9-12H2,1-2H3. The van der Waals surface area contributed by atoms with Gasteiger partial charge in [0.2, 0.25) is 0 Å². The van der Waals surface area contributed by atoms with E-state index in [1.807, 2.05) is 0 Å². The minimum atomic E-state index is 0.535. The molecule has 1 fully saturated rings. The van der Waals surface area contributed by atoms with Gasteiger partial charge in [-0.3, -0.25) is 0 Å². The van der Waals surface area contributed by atoms with Crippen LogP contribution in [-0.2, 0) is 11.2 Å². The molecule has 2 unspecified atom stereocenters. The lowest BCUT2D eigenvalue weighted by Crippen LogP contribution is -2.35. The second-order valence-corrected chi connectivity index (χ2v) is 5.52. The molecule has 1 aliphatic rings. The van der Waals surface area contributed by atoms with Crippen molar-refractivity contribution >= 4 is 0 Å². The molecule has 1 aliphatic heterocycles. The minimum Gasteiger partial charge on any atom is -0.381 e. The van der Waals surface area contributed by atoms with Crippen LogP contribution in [0.5, 0.6) is 0 Å². The molecule has 18 heavy (non-hydrogen) atoms. The van der Waals surface area contributed by atoms with Crippen LogP contribution in [-0.4, -0.2) is 25.8 Å². The van der Waals surface area contributed by atoms with E-state index in [1.54, 1.807) is 0 Å². The number of hydrogen-bond donors (Lipinski definition) is 1. The molecule has 0 radical (unpaired) electrons. The van der Waals surface area contributed by atoms with Gasteiger partial charge in [0.15, 0.2) is 0 Å². The molecule has 1 heterocycles. The van der Waals surface area contributed by atoms with Crippen LogP contribution in [0.2, 0.25) is 0 Å². The maximum Gasteiger partial charge on any atom is 0.0506 e. The second-order valence-electron chi connectivity index (χ2n) is 5.52. The molecular weight excluding hydrogens is 222 g/mol. The average Bonchev–Trinajstić information content (AvgIpc) is 2.40. The predicted molar refractivity (Wildman–Crippen MR) is 75.9 cm³/mol. The summed E-state index contributed by atoms with van der Waals surface area (Å²) in [5.41, 5.74) is 2.85. The second kappa shape index (κ2) is 6.91. The monoisotopic (exact) mass is 247 g/mol. The van der Waals surface area contributed by atoms with Gasteiger partial charge in [-0.25, -0.2) is 0 Å². The predicted octanol–water partition coefficient (Wildman–Crippen LogP) is 2.94. The van der Waals surface area contributed by atoms with E-state index in [0.717, 1.165) is 26.2 Å². The fraction of sp³-hybridized carbons (Fsp3) is 0.625. The fourth-order valence-corrected chi connectivity index (χ4v) is 2.58. The summed E-state index contributed by atoms with van der Waals surface area (Å²) in [4.78, 5) is 0. The van der Waals surface area contributed by atoms with Crippen molar-refractivity contribution in [2.45, 2.75) is 39.2 Å². The Morgan fingerprint density at radius 1 is 1.39 bits per heavy atom. The van der Waals surface area contributed by atoms with Gasteiger partial charge in [0, 0.05) is 19.2 Å². The molecule has 0 bridgehead atoms. The fourth-order valence-electron chi connectivity index (χ4n) is 2.58. The molecular formula is C16H25NO. The third-order valence-electron chi connectivity index (χ3n) is 3.80. The molecule has 2 heteroatoms. The first-order chi connectivity index (χ1) is 8.75. The summed E-state index contributed by atoms with van der Waals surface area (Å²) >= 11 is 0. The van der Waals surface area contributed by atoms with Crippen molar-refractivity contribution < 1.29 is 4.74 Å². The first-order valence-electron chi connectivity index (χ1n) is 7.11. The third kappa shape index (κ3) is 4.11. The topological polar surface area (TPSA) is 21.3 Å². The highest BCUT2D eigenvalue weighted by Gasteiger charge is 2.14. The number of benzene rings is 1. The summed E-state index contributed by atoms with van der Waals surface area (Å²) in [6.45, 7) is 7.44. The van der Waals surface area contributed by atoms with Gasteiger partial charge in [-0.2, -0.15) is 0 Å². The molecule has 0 spiro atoms. The molecule has 1 aromatic carbocycles. The van der Waals surface area contributed by atoms with Crippen molar-refractivity contribution in [1.82, 2.24) is 5.32 Å². The van der Waals surface area contributed by atoms with Crippen LogP contribution in [0.4, 0.5) is 0 Å². The van der Waals surface area contributed by atoms with Gasteiger partial charge in [-0.05, 0) is 50.2 Å². The zero-order chi connectivity index (χ0) is 12.8. The molecule has 0 saturated carbocycles. The number of nitrogens with one attached hydrogen (secondary N) is 1. The van der Waals surface area contributed by atoms with E-state index in [1.165, 1.54) is 24.0 Å². The van der Waals surface area contributed by atoms with Crippen LogP contribution < -0.4 is 5.32 Å². The van der Waals surface area contributed by atoms with E-state index in [0.29, 0.717) is 12.0 Å². The Kier molecular flexibility index (Phi) is 5.21. The Hall–Kier alpha value is -0.860. The third-order valence-corrected chi connectivity index (χ3v) is 3.80. The summed E-state index contributed by atoms with van der Waals surface area (Å²) in [7, 11) is 0.